The van der Waals surface area contributed by atoms with Gasteiger partial charge in [0.1, 0.15) is 6.10 Å². The van der Waals surface area contributed by atoms with Crippen molar-refractivity contribution in [1.82, 2.24) is 16.0 Å². The van der Waals surface area contributed by atoms with Crippen LogP contribution in [0.1, 0.15) is 72.1 Å². The summed E-state index contributed by atoms with van der Waals surface area (Å²) in [7, 11) is 3.24. The third-order valence-corrected chi connectivity index (χ3v) is 8.42. The molecule has 0 heterocycles. The van der Waals surface area contributed by atoms with Crippen LogP contribution in [0.25, 0.3) is 0 Å². The van der Waals surface area contributed by atoms with Gasteiger partial charge in [0.2, 0.25) is 17.7 Å². The van der Waals surface area contributed by atoms with Crippen molar-refractivity contribution in [1.29, 1.82) is 0 Å². The minimum Gasteiger partial charge on any atom is -0.854 e. The Hall–Kier alpha value is -0.894. The minimum absolute atomic E-state index is 0. The Kier molecular flexibility index (Phi) is 33.9. The van der Waals surface area contributed by atoms with Crippen molar-refractivity contribution in [2.75, 3.05) is 37.7 Å². The molecule has 0 spiro atoms. The van der Waals surface area contributed by atoms with Crippen molar-refractivity contribution in [3.63, 3.8) is 0 Å². The van der Waals surface area contributed by atoms with Crippen molar-refractivity contribution >= 4 is 39.3 Å². The van der Waals surface area contributed by atoms with Crippen molar-refractivity contribution in [2.24, 2.45) is 5.41 Å². The largest absolute Gasteiger partial charge is 1.00 e. The van der Waals surface area contributed by atoms with Crippen LogP contribution in [0.4, 0.5) is 0 Å². The second-order valence-electron chi connectivity index (χ2n) is 10.5. The summed E-state index contributed by atoms with van der Waals surface area (Å²) in [6, 6.07) is 0. The SMILES string of the molecule is CC/C=C\C/C=C\C/C=C\C/C=C\C/C=C\C/C=C\CC(=O)NCCSSCCNC(=O)CCNC(=O)[C@H](O)C(C)(C)C[O-].[K+]. The zero-order valence-corrected chi connectivity index (χ0v) is 32.6. The first-order valence-electron chi connectivity index (χ1n) is 15.5. The van der Waals surface area contributed by atoms with E-state index in [-0.39, 0.29) is 76.2 Å². The van der Waals surface area contributed by atoms with Crippen LogP contribution in [0, 0.1) is 5.41 Å². The van der Waals surface area contributed by atoms with Gasteiger partial charge in [-0.05, 0) is 43.9 Å². The summed E-state index contributed by atoms with van der Waals surface area (Å²) in [5.74, 6) is 0.637. The minimum atomic E-state index is -1.40. The number of allylic oxidation sites excluding steroid dienone is 11. The van der Waals surface area contributed by atoms with E-state index in [2.05, 4.69) is 83.6 Å². The van der Waals surface area contributed by atoms with Gasteiger partial charge in [-0.3, -0.25) is 14.4 Å². The molecule has 0 rings (SSSR count). The van der Waals surface area contributed by atoms with E-state index in [1.165, 1.54) is 13.8 Å². The third-order valence-electron chi connectivity index (χ3n) is 6.01. The van der Waals surface area contributed by atoms with Crippen LogP contribution in [-0.2, 0) is 14.4 Å². The Labute approximate surface area is 322 Å². The zero-order valence-electron chi connectivity index (χ0n) is 27.8. The van der Waals surface area contributed by atoms with E-state index in [0.717, 1.165) is 44.3 Å². The number of hydrogen-bond acceptors (Lipinski definition) is 7. The number of carbonyl (C=O) groups excluding carboxylic acids is 3. The van der Waals surface area contributed by atoms with Gasteiger partial charge in [-0.15, -0.1) is 6.61 Å². The van der Waals surface area contributed by atoms with Crippen molar-refractivity contribution in [2.45, 2.75) is 78.2 Å². The van der Waals surface area contributed by atoms with Crippen LogP contribution in [0.2, 0.25) is 0 Å². The molecular weight excluding hydrogens is 634 g/mol. The molecule has 0 saturated heterocycles. The van der Waals surface area contributed by atoms with Gasteiger partial charge in [0.15, 0.2) is 0 Å². The maximum Gasteiger partial charge on any atom is 1.00 e. The third kappa shape index (κ3) is 30.2. The Morgan fingerprint density at radius 1 is 0.689 bits per heavy atom. The summed E-state index contributed by atoms with van der Waals surface area (Å²) in [6.45, 7) is 5.78. The normalized spacial score (nSPS) is 13.0. The first-order chi connectivity index (χ1) is 21.2. The molecule has 248 valence electrons. The van der Waals surface area contributed by atoms with Gasteiger partial charge in [0, 0.05) is 44.0 Å². The van der Waals surface area contributed by atoms with E-state index >= 15 is 0 Å². The van der Waals surface area contributed by atoms with Gasteiger partial charge < -0.3 is 26.2 Å². The topological polar surface area (TPSA) is 131 Å². The molecule has 0 unspecified atom stereocenters. The first-order valence-corrected chi connectivity index (χ1v) is 17.9. The van der Waals surface area contributed by atoms with Crippen LogP contribution in [-0.4, -0.2) is 66.7 Å². The Morgan fingerprint density at radius 3 is 1.56 bits per heavy atom. The van der Waals surface area contributed by atoms with Crippen LogP contribution < -0.4 is 72.4 Å². The second kappa shape index (κ2) is 33.0. The molecule has 0 fully saturated rings. The average Bonchev–Trinajstić information content (AvgIpc) is 3.01. The van der Waals surface area contributed by atoms with Crippen LogP contribution in [0.3, 0.4) is 0 Å². The smallest absolute Gasteiger partial charge is 0.854 e. The quantitative estimate of drug-likeness (QED) is 0.0474. The first kappa shape index (κ1) is 46.2. The molecule has 0 radical (unpaired) electrons. The molecule has 0 saturated carbocycles. The standard InChI is InChI=1S/C34H54N3O5S2.K/c1-4-5-6-7-8-9-10-11-12-13-14-15-16-17-18-19-20-21-22-30(39)35-25-27-43-44-28-26-36-31(40)23-24-37-33(42)32(41)34(2,3)29-38;/h5-6,8-9,11-12,14-15,17-18,20-21,32,41H,4,7,10,13,16,19,22-29H2,1-3H3,(H,35,39)(H,36,40)(H,37,42);/q-1;+1/b6-5-,9-8-,12-11-,15-14-,18-17-,21-20-;/t32-;/m0./s1. The predicted molar refractivity (Wildman–Crippen MR) is 186 cm³/mol. The van der Waals surface area contributed by atoms with Gasteiger partial charge in [0.25, 0.3) is 0 Å². The van der Waals surface area contributed by atoms with Gasteiger partial charge in [-0.25, -0.2) is 0 Å². The van der Waals surface area contributed by atoms with Crippen LogP contribution >= 0.6 is 21.6 Å². The molecule has 0 aliphatic carbocycles. The van der Waals surface area contributed by atoms with Crippen LogP contribution in [0.5, 0.6) is 0 Å². The number of aliphatic hydroxyl groups excluding tert-OH is 1. The number of nitrogens with one attached hydrogen (secondary N) is 3. The molecule has 0 aromatic rings. The molecule has 0 aromatic carbocycles. The van der Waals surface area contributed by atoms with Crippen molar-refractivity contribution < 1.29 is 76.0 Å². The Bertz CT molecular complexity index is 965. The van der Waals surface area contributed by atoms with E-state index < -0.39 is 24.0 Å². The van der Waals surface area contributed by atoms with E-state index in [1.807, 2.05) is 12.2 Å². The fourth-order valence-electron chi connectivity index (χ4n) is 3.28. The molecule has 0 aromatic heterocycles. The number of aliphatic hydroxyl groups is 1. The average molecular weight is 688 g/mol. The van der Waals surface area contributed by atoms with Gasteiger partial charge in [-0.2, -0.15) is 0 Å². The fourth-order valence-corrected chi connectivity index (χ4v) is 5.10. The van der Waals surface area contributed by atoms with E-state index in [4.69, 9.17) is 0 Å². The molecule has 4 N–H and O–H groups in total. The molecular formula is C34H54KN3O5S2. The van der Waals surface area contributed by atoms with Crippen molar-refractivity contribution in [3.8, 4) is 0 Å². The molecule has 1 atom stereocenters. The van der Waals surface area contributed by atoms with Gasteiger partial charge >= 0.3 is 51.4 Å². The summed E-state index contributed by atoms with van der Waals surface area (Å²) in [5.41, 5.74) is -1.06. The summed E-state index contributed by atoms with van der Waals surface area (Å²) in [4.78, 5) is 35.7. The van der Waals surface area contributed by atoms with E-state index in [0.29, 0.717) is 25.3 Å². The number of carbonyl (C=O) groups is 3. The summed E-state index contributed by atoms with van der Waals surface area (Å²) < 4.78 is 0. The molecule has 11 heteroatoms. The van der Waals surface area contributed by atoms with Gasteiger partial charge in [0.05, 0.1) is 0 Å². The molecule has 8 nitrogen and oxygen atoms in total. The van der Waals surface area contributed by atoms with E-state index in [9.17, 15) is 24.6 Å². The van der Waals surface area contributed by atoms with Crippen LogP contribution in [0.15, 0.2) is 72.9 Å². The zero-order chi connectivity index (χ0) is 32.7. The number of amides is 3. The molecule has 0 bridgehead atoms. The molecule has 45 heavy (non-hydrogen) atoms. The number of rotatable bonds is 26. The van der Waals surface area contributed by atoms with E-state index in [1.54, 1.807) is 21.6 Å². The maximum atomic E-state index is 11.9. The van der Waals surface area contributed by atoms with Gasteiger partial charge in [-0.1, -0.05) is 115 Å². The summed E-state index contributed by atoms with van der Waals surface area (Å²) in [5, 5.41) is 29.1. The molecule has 3 amide bonds. The Balaban J connectivity index is 0. The molecule has 0 aliphatic heterocycles. The summed E-state index contributed by atoms with van der Waals surface area (Å²) >= 11 is 0. The maximum absolute atomic E-state index is 11.9. The fraction of sp³-hybridized carbons (Fsp3) is 0.559. The monoisotopic (exact) mass is 687 g/mol. The Morgan fingerprint density at radius 2 is 1.11 bits per heavy atom. The molecule has 0 aliphatic rings. The second-order valence-corrected chi connectivity index (χ2v) is 13.2. The summed E-state index contributed by atoms with van der Waals surface area (Å²) in [6.07, 6.45) is 30.4. The van der Waals surface area contributed by atoms with Crippen molar-refractivity contribution in [3.05, 3.63) is 72.9 Å². The predicted octanol–water partition coefficient (Wildman–Crippen LogP) is 1.95. The number of hydrogen-bond donors (Lipinski definition) is 4.